The van der Waals surface area contributed by atoms with Gasteiger partial charge in [0.15, 0.2) is 0 Å². The Morgan fingerprint density at radius 1 is 1.46 bits per heavy atom. The minimum absolute atomic E-state index is 0.663. The monoisotopic (exact) mass is 197 g/mol. The minimum atomic E-state index is 0.663. The van der Waals surface area contributed by atoms with Crippen LogP contribution in [0.4, 0.5) is 0 Å². The molecule has 1 fully saturated rings. The third-order valence-electron chi connectivity index (χ3n) is 2.37. The second kappa shape index (κ2) is 4.74. The van der Waals surface area contributed by atoms with E-state index in [1.54, 1.807) is 0 Å². The van der Waals surface area contributed by atoms with Crippen LogP contribution in [0.1, 0.15) is 17.7 Å². The molecule has 0 radical (unpaired) electrons. The van der Waals surface area contributed by atoms with E-state index in [9.17, 15) is 0 Å². The summed E-state index contributed by atoms with van der Waals surface area (Å²) in [6.07, 6.45) is 2.32. The number of nitrogens with one attached hydrogen (secondary N) is 1. The van der Waals surface area contributed by atoms with Crippen LogP contribution in [-0.2, 0) is 11.3 Å². The summed E-state index contributed by atoms with van der Waals surface area (Å²) in [6.45, 7) is 2.85. The summed E-state index contributed by atoms with van der Waals surface area (Å²) in [5, 5.41) is 5.68. The first-order valence-corrected chi connectivity index (χ1v) is 5.66. The summed E-state index contributed by atoms with van der Waals surface area (Å²) >= 11 is 1.82. The van der Waals surface area contributed by atoms with Crippen LogP contribution in [0.15, 0.2) is 17.5 Å². The Hall–Kier alpha value is -0.380. The van der Waals surface area contributed by atoms with Gasteiger partial charge in [0, 0.05) is 30.7 Å². The van der Waals surface area contributed by atoms with Crippen molar-refractivity contribution in [3.8, 4) is 0 Å². The molecular formula is C10H15NOS. The molecule has 2 rings (SSSR count). The van der Waals surface area contributed by atoms with Crippen molar-refractivity contribution in [1.29, 1.82) is 0 Å². The van der Waals surface area contributed by atoms with Crippen molar-refractivity contribution in [2.24, 2.45) is 0 Å². The number of hydrogen-bond donors (Lipinski definition) is 1. The average Bonchev–Trinajstić information content (AvgIpc) is 2.69. The lowest BCUT2D eigenvalue weighted by atomic mass is 10.1. The Bertz CT molecular complexity index is 229. The van der Waals surface area contributed by atoms with Crippen molar-refractivity contribution in [2.45, 2.75) is 25.4 Å². The fourth-order valence-electron chi connectivity index (χ4n) is 1.56. The van der Waals surface area contributed by atoms with Crippen molar-refractivity contribution in [3.05, 3.63) is 22.4 Å². The normalized spacial score (nSPS) is 19.1. The zero-order valence-electron chi connectivity index (χ0n) is 7.66. The average molecular weight is 197 g/mol. The molecule has 1 aliphatic heterocycles. The highest BCUT2D eigenvalue weighted by atomic mass is 32.1. The lowest BCUT2D eigenvalue weighted by Crippen LogP contribution is -2.34. The van der Waals surface area contributed by atoms with Crippen molar-refractivity contribution in [1.82, 2.24) is 5.32 Å². The van der Waals surface area contributed by atoms with Gasteiger partial charge in [0.25, 0.3) is 0 Å². The number of rotatable bonds is 3. The fourth-order valence-corrected chi connectivity index (χ4v) is 2.22. The lowest BCUT2D eigenvalue weighted by molar-refractivity contribution is 0.0777. The maximum Gasteiger partial charge on any atom is 0.0480 e. The molecule has 0 bridgehead atoms. The minimum Gasteiger partial charge on any atom is -0.381 e. The Labute approximate surface area is 82.9 Å². The molecule has 0 atom stereocenters. The van der Waals surface area contributed by atoms with E-state index in [1.165, 1.54) is 4.88 Å². The maximum absolute atomic E-state index is 5.30. The second-order valence-corrected chi connectivity index (χ2v) is 4.38. The van der Waals surface area contributed by atoms with Crippen LogP contribution in [0.2, 0.25) is 0 Å². The van der Waals surface area contributed by atoms with E-state index in [0.717, 1.165) is 32.6 Å². The third-order valence-corrected chi connectivity index (χ3v) is 3.24. The van der Waals surface area contributed by atoms with Gasteiger partial charge < -0.3 is 10.1 Å². The summed E-state index contributed by atoms with van der Waals surface area (Å²) in [6, 6.07) is 4.94. The van der Waals surface area contributed by atoms with Gasteiger partial charge in [0.1, 0.15) is 0 Å². The molecule has 72 valence electrons. The molecule has 0 spiro atoms. The van der Waals surface area contributed by atoms with Crippen molar-refractivity contribution < 1.29 is 4.74 Å². The zero-order valence-corrected chi connectivity index (χ0v) is 8.48. The number of thiophene rings is 1. The highest BCUT2D eigenvalue weighted by Crippen LogP contribution is 2.11. The van der Waals surface area contributed by atoms with Crippen molar-refractivity contribution in [3.63, 3.8) is 0 Å². The summed E-state index contributed by atoms with van der Waals surface area (Å²) in [4.78, 5) is 1.42. The highest BCUT2D eigenvalue weighted by Gasteiger charge is 2.12. The van der Waals surface area contributed by atoms with E-state index in [4.69, 9.17) is 4.74 Å². The van der Waals surface area contributed by atoms with E-state index < -0.39 is 0 Å². The predicted molar refractivity (Wildman–Crippen MR) is 55.0 cm³/mol. The first-order valence-electron chi connectivity index (χ1n) is 4.78. The SMILES string of the molecule is c1csc(CNC2CCOCC2)c1. The van der Waals surface area contributed by atoms with Gasteiger partial charge in [-0.15, -0.1) is 11.3 Å². The number of ether oxygens (including phenoxy) is 1. The van der Waals surface area contributed by atoms with Crippen molar-refractivity contribution in [2.75, 3.05) is 13.2 Å². The van der Waals surface area contributed by atoms with Gasteiger partial charge in [-0.2, -0.15) is 0 Å². The molecule has 1 saturated heterocycles. The molecule has 0 amide bonds. The molecule has 3 heteroatoms. The van der Waals surface area contributed by atoms with Crippen LogP contribution in [0.5, 0.6) is 0 Å². The quantitative estimate of drug-likeness (QED) is 0.800. The first kappa shape index (κ1) is 9.19. The second-order valence-electron chi connectivity index (χ2n) is 3.35. The molecule has 1 aromatic rings. The fraction of sp³-hybridized carbons (Fsp3) is 0.600. The van der Waals surface area contributed by atoms with Crippen LogP contribution >= 0.6 is 11.3 Å². The van der Waals surface area contributed by atoms with E-state index in [1.807, 2.05) is 11.3 Å². The Morgan fingerprint density at radius 3 is 3.00 bits per heavy atom. The summed E-state index contributed by atoms with van der Waals surface area (Å²) in [5.74, 6) is 0. The van der Waals surface area contributed by atoms with Gasteiger partial charge in [-0.3, -0.25) is 0 Å². The van der Waals surface area contributed by atoms with Crippen LogP contribution in [0, 0.1) is 0 Å². The first-order chi connectivity index (χ1) is 6.45. The topological polar surface area (TPSA) is 21.3 Å². The van der Waals surface area contributed by atoms with Crippen molar-refractivity contribution >= 4 is 11.3 Å². The molecule has 0 aliphatic carbocycles. The van der Waals surface area contributed by atoms with Gasteiger partial charge in [-0.25, -0.2) is 0 Å². The molecule has 1 aromatic heterocycles. The van der Waals surface area contributed by atoms with Crippen LogP contribution in [-0.4, -0.2) is 19.3 Å². The molecule has 1 aliphatic rings. The maximum atomic E-state index is 5.30. The molecule has 2 heterocycles. The highest BCUT2D eigenvalue weighted by molar-refractivity contribution is 7.09. The number of hydrogen-bond acceptors (Lipinski definition) is 3. The van der Waals surface area contributed by atoms with E-state index >= 15 is 0 Å². The predicted octanol–water partition coefficient (Wildman–Crippen LogP) is 2.02. The van der Waals surface area contributed by atoms with Gasteiger partial charge in [0.2, 0.25) is 0 Å². The molecule has 2 nitrogen and oxygen atoms in total. The van der Waals surface area contributed by atoms with E-state index in [0.29, 0.717) is 6.04 Å². The van der Waals surface area contributed by atoms with Gasteiger partial charge in [-0.1, -0.05) is 6.07 Å². The van der Waals surface area contributed by atoms with Gasteiger partial charge in [-0.05, 0) is 24.3 Å². The summed E-state index contributed by atoms with van der Waals surface area (Å²) in [7, 11) is 0. The van der Waals surface area contributed by atoms with E-state index in [2.05, 4.69) is 22.8 Å². The Balaban J connectivity index is 1.72. The molecule has 0 saturated carbocycles. The van der Waals surface area contributed by atoms with E-state index in [-0.39, 0.29) is 0 Å². The zero-order chi connectivity index (χ0) is 8.93. The standard InChI is InChI=1S/C10H15NOS/c1-2-10(13-7-1)8-11-9-3-5-12-6-4-9/h1-2,7,9,11H,3-6,8H2. The smallest absolute Gasteiger partial charge is 0.0480 e. The molecule has 13 heavy (non-hydrogen) atoms. The molecular weight excluding hydrogens is 182 g/mol. The van der Waals surface area contributed by atoms with Crippen LogP contribution in [0.25, 0.3) is 0 Å². The van der Waals surface area contributed by atoms with Crippen LogP contribution in [0.3, 0.4) is 0 Å². The third kappa shape index (κ3) is 2.79. The Morgan fingerprint density at radius 2 is 2.31 bits per heavy atom. The van der Waals surface area contributed by atoms with Gasteiger partial charge >= 0.3 is 0 Å². The molecule has 0 unspecified atom stereocenters. The summed E-state index contributed by atoms with van der Waals surface area (Å²) < 4.78 is 5.30. The van der Waals surface area contributed by atoms with Gasteiger partial charge in [0.05, 0.1) is 0 Å². The summed E-state index contributed by atoms with van der Waals surface area (Å²) in [5.41, 5.74) is 0. The largest absolute Gasteiger partial charge is 0.381 e. The molecule has 0 aromatic carbocycles. The lowest BCUT2D eigenvalue weighted by Gasteiger charge is -2.22. The van der Waals surface area contributed by atoms with Crippen LogP contribution < -0.4 is 5.32 Å². The Kier molecular flexibility index (Phi) is 3.35. The molecule has 1 N–H and O–H groups in total.